The van der Waals surface area contributed by atoms with Crippen molar-refractivity contribution in [2.75, 3.05) is 27.8 Å². The van der Waals surface area contributed by atoms with E-state index in [4.69, 9.17) is 9.47 Å². The third-order valence-electron chi connectivity index (χ3n) is 4.34. The molecule has 0 aromatic heterocycles. The number of hydrogen-bond donors (Lipinski definition) is 0. The molecule has 0 fully saturated rings. The van der Waals surface area contributed by atoms with Crippen molar-refractivity contribution in [2.24, 2.45) is 0 Å². The van der Waals surface area contributed by atoms with E-state index in [1.54, 1.807) is 7.11 Å². The quantitative estimate of drug-likeness (QED) is 0.471. The van der Waals surface area contributed by atoms with Gasteiger partial charge in [-0.2, -0.15) is 0 Å². The van der Waals surface area contributed by atoms with Crippen LogP contribution in [0.15, 0.2) is 54.6 Å². The molecule has 4 heteroatoms. The van der Waals surface area contributed by atoms with Crippen LogP contribution in [-0.2, 0) is 9.47 Å². The van der Waals surface area contributed by atoms with Crippen LogP contribution in [0.2, 0.25) is 0 Å². The summed E-state index contributed by atoms with van der Waals surface area (Å²) in [6.45, 7) is 4.92. The Labute approximate surface area is 158 Å². The monoisotopic (exact) mass is 407 g/mol. The molecule has 136 valence electrons. The van der Waals surface area contributed by atoms with Crippen LogP contribution in [0.25, 0.3) is 0 Å². The first-order chi connectivity index (χ1) is 12.1. The van der Waals surface area contributed by atoms with Crippen molar-refractivity contribution in [3.63, 3.8) is 0 Å². The van der Waals surface area contributed by atoms with Crippen LogP contribution in [-0.4, -0.2) is 54.0 Å². The average Bonchev–Trinajstić information content (AvgIpc) is 2.65. The van der Waals surface area contributed by atoms with Crippen LogP contribution < -0.4 is 4.46 Å². The number of hydrogen-bond acceptors (Lipinski definition) is 3. The van der Waals surface area contributed by atoms with Crippen LogP contribution in [0.5, 0.6) is 0 Å². The molecule has 0 saturated heterocycles. The van der Waals surface area contributed by atoms with Gasteiger partial charge in [-0.25, -0.2) is 0 Å². The Morgan fingerprint density at radius 2 is 1.64 bits per heavy atom. The zero-order valence-electron chi connectivity index (χ0n) is 15.8. The third-order valence-corrected chi connectivity index (χ3v) is 7.22. The molecule has 2 aromatic carbocycles. The van der Waals surface area contributed by atoms with Gasteiger partial charge in [-0.05, 0) is 0 Å². The van der Waals surface area contributed by atoms with Gasteiger partial charge in [0.25, 0.3) is 0 Å². The van der Waals surface area contributed by atoms with Crippen LogP contribution in [0.3, 0.4) is 0 Å². The molecule has 0 radical (unpaired) electrons. The second kappa shape index (κ2) is 10.1. The average molecular weight is 406 g/mol. The van der Waals surface area contributed by atoms with Gasteiger partial charge in [-0.3, -0.25) is 0 Å². The van der Waals surface area contributed by atoms with Crippen molar-refractivity contribution in [2.45, 2.75) is 31.0 Å². The molecule has 2 rings (SSSR count). The summed E-state index contributed by atoms with van der Waals surface area (Å²) in [5.74, 6) is 0. The predicted molar refractivity (Wildman–Crippen MR) is 106 cm³/mol. The molecule has 3 nitrogen and oxygen atoms in total. The predicted octanol–water partition coefficient (Wildman–Crippen LogP) is 3.39. The molecule has 0 bridgehead atoms. The van der Waals surface area contributed by atoms with E-state index < -0.39 is 0 Å². The van der Waals surface area contributed by atoms with Crippen LogP contribution in [0.1, 0.15) is 35.8 Å². The fourth-order valence-electron chi connectivity index (χ4n) is 2.71. The molecule has 0 aliphatic heterocycles. The summed E-state index contributed by atoms with van der Waals surface area (Å²) < 4.78 is 13.0. The second-order valence-electron chi connectivity index (χ2n) is 6.19. The standard InChI is InChI=1S/C21H29NO2Se/c1-6-24-21(23-5)20(17-12-8-7-9-13-17)25-19-15-11-10-14-18(19)16(2)22(3)4/h7-16,20-21H,6H2,1-5H3/t16-,20?,21?/m1/s1. The van der Waals surface area contributed by atoms with Crippen molar-refractivity contribution in [1.82, 2.24) is 4.90 Å². The molecule has 0 aliphatic carbocycles. The van der Waals surface area contributed by atoms with E-state index in [0.29, 0.717) is 12.6 Å². The molecule has 2 aromatic rings. The third kappa shape index (κ3) is 5.40. The first kappa shape index (κ1) is 20.2. The van der Waals surface area contributed by atoms with E-state index in [1.165, 1.54) is 15.6 Å². The first-order valence-corrected chi connectivity index (χ1v) is 10.5. The Bertz CT molecular complexity index is 633. The fourth-order valence-corrected chi connectivity index (χ4v) is 5.65. The molecular weight excluding hydrogens is 377 g/mol. The van der Waals surface area contributed by atoms with Gasteiger partial charge in [-0.15, -0.1) is 0 Å². The van der Waals surface area contributed by atoms with Crippen molar-refractivity contribution in [1.29, 1.82) is 0 Å². The molecular formula is C21H29NO2Se. The van der Waals surface area contributed by atoms with Gasteiger partial charge in [0.2, 0.25) is 0 Å². The summed E-state index contributed by atoms with van der Waals surface area (Å²) in [6.07, 6.45) is -0.227. The zero-order chi connectivity index (χ0) is 18.2. The van der Waals surface area contributed by atoms with E-state index >= 15 is 0 Å². The van der Waals surface area contributed by atoms with Gasteiger partial charge in [-0.1, -0.05) is 0 Å². The van der Waals surface area contributed by atoms with Crippen molar-refractivity contribution in [3.05, 3.63) is 65.7 Å². The number of ether oxygens (including phenoxy) is 2. The molecule has 0 amide bonds. The Morgan fingerprint density at radius 1 is 1.00 bits per heavy atom. The maximum absolute atomic E-state index is 5.91. The summed E-state index contributed by atoms with van der Waals surface area (Å²) in [5, 5.41) is 0. The molecule has 0 heterocycles. The maximum atomic E-state index is 5.91. The van der Waals surface area contributed by atoms with E-state index in [2.05, 4.69) is 80.5 Å². The summed E-state index contributed by atoms with van der Waals surface area (Å²) in [4.78, 5) is 2.47. The normalized spacial score (nSPS) is 15.1. The minimum atomic E-state index is -0.227. The topological polar surface area (TPSA) is 21.7 Å². The Morgan fingerprint density at radius 3 is 2.24 bits per heavy atom. The van der Waals surface area contributed by atoms with E-state index in [0.717, 1.165) is 0 Å². The van der Waals surface area contributed by atoms with Crippen LogP contribution >= 0.6 is 0 Å². The van der Waals surface area contributed by atoms with Gasteiger partial charge in [0.05, 0.1) is 0 Å². The zero-order valence-corrected chi connectivity index (χ0v) is 17.5. The minimum absolute atomic E-state index is 0.193. The molecule has 2 unspecified atom stereocenters. The number of benzene rings is 2. The van der Waals surface area contributed by atoms with Crippen LogP contribution in [0.4, 0.5) is 0 Å². The molecule has 0 N–H and O–H groups in total. The summed E-state index contributed by atoms with van der Waals surface area (Å²) >= 11 is 0.193. The van der Waals surface area contributed by atoms with Gasteiger partial charge in [0.15, 0.2) is 0 Å². The van der Waals surface area contributed by atoms with E-state index in [9.17, 15) is 0 Å². The van der Waals surface area contributed by atoms with E-state index in [-0.39, 0.29) is 26.1 Å². The van der Waals surface area contributed by atoms with Gasteiger partial charge in [0.1, 0.15) is 0 Å². The van der Waals surface area contributed by atoms with Crippen molar-refractivity contribution >= 4 is 19.4 Å². The second-order valence-corrected chi connectivity index (χ2v) is 8.67. The van der Waals surface area contributed by atoms with Crippen LogP contribution in [0, 0.1) is 0 Å². The molecule has 0 saturated carbocycles. The van der Waals surface area contributed by atoms with Crippen molar-refractivity contribution < 1.29 is 9.47 Å². The molecule has 0 spiro atoms. The summed E-state index contributed by atoms with van der Waals surface area (Å²) in [6, 6.07) is 19.7. The Hall–Kier alpha value is -1.16. The van der Waals surface area contributed by atoms with Gasteiger partial charge in [0, 0.05) is 0 Å². The number of rotatable bonds is 9. The number of methoxy groups -OCH3 is 1. The van der Waals surface area contributed by atoms with Crippen molar-refractivity contribution in [3.8, 4) is 0 Å². The molecule has 3 atom stereocenters. The summed E-state index contributed by atoms with van der Waals surface area (Å²) in [5.41, 5.74) is 2.66. The van der Waals surface area contributed by atoms with Gasteiger partial charge < -0.3 is 0 Å². The first-order valence-electron chi connectivity index (χ1n) is 8.69. The number of nitrogens with zero attached hydrogens (tertiary/aromatic N) is 1. The van der Waals surface area contributed by atoms with E-state index in [1.807, 2.05) is 6.92 Å². The Kier molecular flexibility index (Phi) is 8.14. The SMILES string of the molecule is CCOC(OC)C([Se]c1ccccc1[C@@H](C)N(C)C)c1ccccc1. The fraction of sp³-hybridized carbons (Fsp3) is 0.429. The summed E-state index contributed by atoms with van der Waals surface area (Å²) in [7, 11) is 5.99. The van der Waals surface area contributed by atoms with Gasteiger partial charge >= 0.3 is 158 Å². The Balaban J connectivity index is 2.37. The molecule has 25 heavy (non-hydrogen) atoms. The molecule has 0 aliphatic rings.